The molecule has 0 aromatic rings. The highest BCUT2D eigenvalue weighted by atomic mass is 17.1. The molecule has 0 aromatic heterocycles. The van der Waals surface area contributed by atoms with Crippen molar-refractivity contribution < 1.29 is 24.2 Å². The van der Waals surface area contributed by atoms with E-state index >= 15 is 0 Å². The first-order valence-electron chi connectivity index (χ1n) is 11.3. The maximum atomic E-state index is 13.0. The van der Waals surface area contributed by atoms with Crippen LogP contribution in [-0.4, -0.2) is 34.9 Å². The van der Waals surface area contributed by atoms with E-state index in [1.165, 1.54) is 5.57 Å². The van der Waals surface area contributed by atoms with Crippen molar-refractivity contribution in [1.82, 2.24) is 0 Å². The van der Waals surface area contributed by atoms with E-state index in [0.717, 1.165) is 38.5 Å². The summed E-state index contributed by atoms with van der Waals surface area (Å²) in [5, 5.41) is 11.5. The van der Waals surface area contributed by atoms with Crippen LogP contribution in [0.1, 0.15) is 78.6 Å². The van der Waals surface area contributed by atoms with Crippen molar-refractivity contribution >= 4 is 17.5 Å². The summed E-state index contributed by atoms with van der Waals surface area (Å²) in [6.07, 6.45) is 8.77. The van der Waals surface area contributed by atoms with Crippen LogP contribution in [0.3, 0.4) is 0 Å². The third-order valence-corrected chi connectivity index (χ3v) is 9.23. The molecule has 5 heteroatoms. The maximum absolute atomic E-state index is 13.0. The second-order valence-electron chi connectivity index (χ2n) is 10.3. The molecule has 0 saturated heterocycles. The van der Waals surface area contributed by atoms with Gasteiger partial charge in [-0.15, -0.1) is 0 Å². The lowest BCUT2D eigenvalue weighted by Crippen LogP contribution is -2.58. The van der Waals surface area contributed by atoms with Crippen LogP contribution in [0.4, 0.5) is 0 Å². The number of esters is 1. The molecular weight excluding hydrogens is 369 g/mol. The highest BCUT2D eigenvalue weighted by molar-refractivity contribution is 5.92. The lowest BCUT2D eigenvalue weighted by molar-refractivity contribution is -0.169. The van der Waals surface area contributed by atoms with Gasteiger partial charge < -0.3 is 9.84 Å². The van der Waals surface area contributed by atoms with Crippen LogP contribution in [0.25, 0.3) is 0 Å². The predicted octanol–water partition coefficient (Wildman–Crippen LogP) is 3.77. The highest BCUT2D eigenvalue weighted by Gasteiger charge is 2.66. The number of Topliss-reactive ketones (excluding diaryl/α,β-unsaturated/α-hetero) is 1. The minimum absolute atomic E-state index is 0.0829. The Labute approximate surface area is 173 Å². The van der Waals surface area contributed by atoms with Gasteiger partial charge in [0.05, 0.1) is 0 Å². The number of aliphatic hydroxyl groups is 1. The van der Waals surface area contributed by atoms with E-state index in [0.29, 0.717) is 30.6 Å². The number of carbonyl (C=O) groups is 3. The van der Waals surface area contributed by atoms with Crippen LogP contribution in [0, 0.1) is 28.6 Å². The minimum Gasteiger partial charge on any atom is -0.458 e. The molecule has 3 fully saturated rings. The number of ketones is 2. The zero-order valence-electron chi connectivity index (χ0n) is 18.0. The first-order chi connectivity index (χ1) is 13.7. The molecule has 0 spiro atoms. The number of allylic oxidation sites excluding steroid dienone is 1. The molecule has 0 bridgehead atoms. The van der Waals surface area contributed by atoms with E-state index in [2.05, 4.69) is 13.8 Å². The summed E-state index contributed by atoms with van der Waals surface area (Å²) < 4.78 is 5.07. The van der Waals surface area contributed by atoms with Crippen molar-refractivity contribution in [3.8, 4) is 0 Å². The number of hydrogen-bond acceptors (Lipinski definition) is 5. The van der Waals surface area contributed by atoms with E-state index in [1.54, 1.807) is 6.92 Å². The van der Waals surface area contributed by atoms with Gasteiger partial charge in [-0.3, -0.25) is 14.4 Å². The van der Waals surface area contributed by atoms with Crippen molar-refractivity contribution in [2.75, 3.05) is 6.61 Å². The average molecular weight is 404 g/mol. The molecule has 3 saturated carbocycles. The number of carbonyl (C=O) groups excluding carboxylic acids is 3. The molecule has 29 heavy (non-hydrogen) atoms. The summed E-state index contributed by atoms with van der Waals surface area (Å²) in [4.78, 5) is 36.4. The number of rotatable bonds is 4. The molecule has 160 valence electrons. The Hall–Kier alpha value is -1.49. The molecular formula is C24H34O5. The van der Waals surface area contributed by atoms with Gasteiger partial charge in [-0.05, 0) is 74.2 Å². The van der Waals surface area contributed by atoms with Crippen LogP contribution in [0.15, 0.2) is 11.6 Å². The van der Waals surface area contributed by atoms with Crippen molar-refractivity contribution in [2.45, 2.75) is 84.2 Å². The Balaban J connectivity index is 1.57. The molecule has 1 N–H and O–H groups in total. The molecule has 0 radical (unpaired) electrons. The molecule has 0 aromatic carbocycles. The third-order valence-electron chi connectivity index (χ3n) is 9.23. The normalized spacial score (nSPS) is 43.7. The molecule has 0 unspecified atom stereocenters. The fraction of sp³-hybridized carbons (Fsp3) is 0.792. The maximum Gasteiger partial charge on any atom is 0.305 e. The van der Waals surface area contributed by atoms with E-state index in [1.807, 2.05) is 6.08 Å². The first kappa shape index (κ1) is 20.8. The highest BCUT2D eigenvalue weighted by Crippen LogP contribution is 2.67. The largest absolute Gasteiger partial charge is 0.458 e. The molecule has 4 aliphatic rings. The van der Waals surface area contributed by atoms with E-state index in [-0.39, 0.29) is 30.0 Å². The Morgan fingerprint density at radius 2 is 1.86 bits per heavy atom. The summed E-state index contributed by atoms with van der Waals surface area (Å²) >= 11 is 0. The summed E-state index contributed by atoms with van der Waals surface area (Å²) in [6, 6.07) is 0. The molecule has 6 atom stereocenters. The van der Waals surface area contributed by atoms with Gasteiger partial charge in [-0.2, -0.15) is 0 Å². The number of fused-ring (bicyclic) bond motifs is 5. The molecule has 0 heterocycles. The zero-order chi connectivity index (χ0) is 21.0. The lowest BCUT2D eigenvalue weighted by Gasteiger charge is -2.58. The standard InChI is InChI=1S/C24H34O5/c1-4-21(27)29-14-20(26)24(28)12-9-19-17-6-5-15-13-16(25)7-10-22(15,2)18(17)8-11-23(19,24)3/h13,17-19,28H,4-12,14H2,1-3H3/t17-,18+,19+,22+,23+,24+/m1/s1/i25+1. The Morgan fingerprint density at radius 1 is 1.14 bits per heavy atom. The summed E-state index contributed by atoms with van der Waals surface area (Å²) in [5.41, 5.74) is -0.462. The van der Waals surface area contributed by atoms with Gasteiger partial charge in [0.1, 0.15) is 5.60 Å². The van der Waals surface area contributed by atoms with Crippen LogP contribution in [0.5, 0.6) is 0 Å². The number of hydrogen-bond donors (Lipinski definition) is 1. The molecule has 0 amide bonds. The minimum atomic E-state index is -1.41. The fourth-order valence-corrected chi connectivity index (χ4v) is 7.40. The van der Waals surface area contributed by atoms with E-state index < -0.39 is 17.0 Å². The van der Waals surface area contributed by atoms with Crippen LogP contribution in [-0.2, 0) is 19.1 Å². The topological polar surface area (TPSA) is 80.7 Å². The second kappa shape index (κ2) is 7.04. The quantitative estimate of drug-likeness (QED) is 0.723. The van der Waals surface area contributed by atoms with Gasteiger partial charge in [0.25, 0.3) is 0 Å². The van der Waals surface area contributed by atoms with Crippen LogP contribution < -0.4 is 0 Å². The summed E-state index contributed by atoms with van der Waals surface area (Å²) in [6.45, 7) is 5.78. The van der Waals surface area contributed by atoms with Gasteiger partial charge in [0.2, 0.25) is 5.78 Å². The zero-order valence-corrected chi connectivity index (χ0v) is 18.0. The second-order valence-corrected chi connectivity index (χ2v) is 10.3. The molecule has 0 aliphatic heterocycles. The van der Waals surface area contributed by atoms with Crippen LogP contribution >= 0.6 is 0 Å². The number of ether oxygens (including phenoxy) is 1. The monoisotopic (exact) mass is 403 g/mol. The SMILES string of the molecule is CCC(=O)OCC(=O)[C@@]1(O)CC[C@H]2[C@@H]3CCC4=CC(=[17O])CC[C@]4(C)[C@H]3CC[C@@]21C. The van der Waals surface area contributed by atoms with Crippen molar-refractivity contribution in [1.29, 1.82) is 0 Å². The smallest absolute Gasteiger partial charge is 0.305 e. The van der Waals surface area contributed by atoms with Gasteiger partial charge in [-0.1, -0.05) is 26.3 Å². The Bertz CT molecular complexity index is 769. The van der Waals surface area contributed by atoms with Crippen molar-refractivity contribution in [3.05, 3.63) is 11.6 Å². The van der Waals surface area contributed by atoms with Gasteiger partial charge in [0, 0.05) is 18.3 Å². The Morgan fingerprint density at radius 3 is 2.59 bits per heavy atom. The van der Waals surface area contributed by atoms with Crippen molar-refractivity contribution in [3.63, 3.8) is 0 Å². The summed E-state index contributed by atoms with van der Waals surface area (Å²) in [7, 11) is 0. The van der Waals surface area contributed by atoms with Gasteiger partial charge in [-0.25, -0.2) is 0 Å². The van der Waals surface area contributed by atoms with Gasteiger partial charge in [0.15, 0.2) is 12.4 Å². The molecule has 4 aliphatic carbocycles. The van der Waals surface area contributed by atoms with Crippen molar-refractivity contribution in [2.24, 2.45) is 28.6 Å². The average Bonchev–Trinajstić information content (AvgIpc) is 2.98. The van der Waals surface area contributed by atoms with E-state index in [9.17, 15) is 19.5 Å². The van der Waals surface area contributed by atoms with Gasteiger partial charge >= 0.3 is 5.97 Å². The first-order valence-corrected chi connectivity index (χ1v) is 11.3. The third kappa shape index (κ3) is 2.95. The Kier molecular flexibility index (Phi) is 5.04. The fourth-order valence-electron chi connectivity index (χ4n) is 7.40. The predicted molar refractivity (Wildman–Crippen MR) is 108 cm³/mol. The molecule has 5 nitrogen and oxygen atoms in total. The summed E-state index contributed by atoms with van der Waals surface area (Å²) in [5.74, 6) is 0.811. The van der Waals surface area contributed by atoms with Crippen LogP contribution in [0.2, 0.25) is 0 Å². The lowest BCUT2D eigenvalue weighted by atomic mass is 9.46. The molecule has 4 rings (SSSR count). The van der Waals surface area contributed by atoms with E-state index in [4.69, 9.17) is 4.74 Å².